The number of allylic oxidation sites excluding steroid dienone is 1. The van der Waals surface area contributed by atoms with Crippen molar-refractivity contribution in [1.82, 2.24) is 0 Å². The van der Waals surface area contributed by atoms with Crippen LogP contribution in [0.5, 0.6) is 17.2 Å². The molecule has 0 unspecified atom stereocenters. The summed E-state index contributed by atoms with van der Waals surface area (Å²) in [6.07, 6.45) is 1.82. The lowest BCUT2D eigenvalue weighted by molar-refractivity contribution is 0.305. The largest absolute Gasteiger partial charge is 0.493 e. The van der Waals surface area contributed by atoms with Crippen molar-refractivity contribution in [2.75, 3.05) is 14.2 Å². The molecule has 3 rings (SSSR count). The average Bonchev–Trinajstić information content (AvgIpc) is 2.77. The Kier molecular flexibility index (Phi) is 6.94. The van der Waals surface area contributed by atoms with Crippen LogP contribution in [0.2, 0.25) is 0 Å². The van der Waals surface area contributed by atoms with Crippen LogP contribution in [0, 0.1) is 11.3 Å². The highest BCUT2D eigenvalue weighted by Crippen LogP contribution is 2.32. The molecule has 0 fully saturated rings. The molecule has 146 valence electrons. The van der Waals surface area contributed by atoms with E-state index in [0.717, 1.165) is 21.2 Å². The summed E-state index contributed by atoms with van der Waals surface area (Å²) >= 11 is 3.43. The van der Waals surface area contributed by atoms with Gasteiger partial charge in [0.15, 0.2) is 11.5 Å². The topological polar surface area (TPSA) is 51.5 Å². The van der Waals surface area contributed by atoms with Crippen LogP contribution in [-0.2, 0) is 6.61 Å². The molecule has 0 aliphatic carbocycles. The Hall–Kier alpha value is -3.23. The van der Waals surface area contributed by atoms with E-state index in [1.54, 1.807) is 26.4 Å². The highest BCUT2D eigenvalue weighted by Gasteiger charge is 2.10. The summed E-state index contributed by atoms with van der Waals surface area (Å²) in [5.74, 6) is 1.90. The molecular weight excluding hydrogens is 430 g/mol. The van der Waals surface area contributed by atoms with Crippen LogP contribution in [0.15, 0.2) is 71.2 Å². The molecule has 0 heterocycles. The Morgan fingerprint density at radius 1 is 0.931 bits per heavy atom. The zero-order valence-corrected chi connectivity index (χ0v) is 17.8. The SMILES string of the molecule is COc1ccc(/C(C#N)=C/c2ccccc2OCc2ccc(Br)cc2)cc1OC. The summed E-state index contributed by atoms with van der Waals surface area (Å²) < 4.78 is 17.7. The van der Waals surface area contributed by atoms with Gasteiger partial charge in [-0.3, -0.25) is 0 Å². The standard InChI is InChI=1S/C24H20BrNO3/c1-27-23-12-9-18(14-24(23)28-2)20(15-26)13-19-5-3-4-6-22(19)29-16-17-7-10-21(25)11-8-17/h3-14H,16H2,1-2H3/b20-13+. The molecule has 0 N–H and O–H groups in total. The molecule has 0 amide bonds. The maximum absolute atomic E-state index is 9.72. The smallest absolute Gasteiger partial charge is 0.161 e. The number of para-hydroxylation sites is 1. The van der Waals surface area contributed by atoms with E-state index in [9.17, 15) is 5.26 Å². The molecule has 5 heteroatoms. The predicted octanol–water partition coefficient (Wildman–Crippen LogP) is 6.11. The van der Waals surface area contributed by atoms with Gasteiger partial charge in [0.25, 0.3) is 0 Å². The summed E-state index contributed by atoms with van der Waals surface area (Å²) in [6, 6.07) is 23.3. The normalized spacial score (nSPS) is 10.9. The van der Waals surface area contributed by atoms with E-state index < -0.39 is 0 Å². The minimum Gasteiger partial charge on any atom is -0.493 e. The van der Waals surface area contributed by atoms with Gasteiger partial charge in [-0.2, -0.15) is 5.26 Å². The Balaban J connectivity index is 1.88. The van der Waals surface area contributed by atoms with Gasteiger partial charge >= 0.3 is 0 Å². The molecule has 0 aliphatic heterocycles. The van der Waals surface area contributed by atoms with Crippen LogP contribution in [0.25, 0.3) is 11.6 Å². The molecule has 4 nitrogen and oxygen atoms in total. The van der Waals surface area contributed by atoms with E-state index in [1.807, 2.05) is 60.7 Å². The molecule has 3 aromatic carbocycles. The van der Waals surface area contributed by atoms with E-state index in [1.165, 1.54) is 0 Å². The molecule has 0 radical (unpaired) electrons. The van der Waals surface area contributed by atoms with Gasteiger partial charge in [0.1, 0.15) is 12.4 Å². The van der Waals surface area contributed by atoms with Crippen molar-refractivity contribution >= 4 is 27.6 Å². The van der Waals surface area contributed by atoms with Crippen molar-refractivity contribution in [3.05, 3.63) is 87.9 Å². The second-order valence-electron chi connectivity index (χ2n) is 6.19. The third-order valence-electron chi connectivity index (χ3n) is 4.34. The van der Waals surface area contributed by atoms with Crippen molar-refractivity contribution < 1.29 is 14.2 Å². The zero-order valence-electron chi connectivity index (χ0n) is 16.2. The Labute approximate surface area is 179 Å². The summed E-state index contributed by atoms with van der Waals surface area (Å²) in [4.78, 5) is 0. The van der Waals surface area contributed by atoms with Gasteiger partial charge in [-0.1, -0.05) is 46.3 Å². The first-order valence-corrected chi connectivity index (χ1v) is 9.74. The van der Waals surface area contributed by atoms with Crippen LogP contribution in [-0.4, -0.2) is 14.2 Å². The third-order valence-corrected chi connectivity index (χ3v) is 4.87. The maximum Gasteiger partial charge on any atom is 0.161 e. The van der Waals surface area contributed by atoms with E-state index in [2.05, 4.69) is 22.0 Å². The van der Waals surface area contributed by atoms with Crippen molar-refractivity contribution in [2.24, 2.45) is 0 Å². The first-order chi connectivity index (χ1) is 14.1. The van der Waals surface area contributed by atoms with Crippen LogP contribution >= 0.6 is 15.9 Å². The summed E-state index contributed by atoms with van der Waals surface area (Å²) in [5.41, 5.74) is 3.14. The molecule has 0 saturated carbocycles. The van der Waals surface area contributed by atoms with Gasteiger partial charge in [0.2, 0.25) is 0 Å². The number of benzene rings is 3. The fraction of sp³-hybridized carbons (Fsp3) is 0.125. The van der Waals surface area contributed by atoms with Crippen LogP contribution in [0.3, 0.4) is 0 Å². The van der Waals surface area contributed by atoms with Gasteiger partial charge in [-0.05, 0) is 53.6 Å². The quantitative estimate of drug-likeness (QED) is 0.322. The number of nitrogens with zero attached hydrogens (tertiary/aromatic N) is 1. The van der Waals surface area contributed by atoms with E-state index >= 15 is 0 Å². The minimum atomic E-state index is 0.441. The van der Waals surface area contributed by atoms with Crippen molar-refractivity contribution in [3.8, 4) is 23.3 Å². The Morgan fingerprint density at radius 3 is 2.34 bits per heavy atom. The molecule has 3 aromatic rings. The number of ether oxygens (including phenoxy) is 3. The molecule has 0 atom stereocenters. The monoisotopic (exact) mass is 449 g/mol. The van der Waals surface area contributed by atoms with E-state index in [-0.39, 0.29) is 0 Å². The molecule has 0 aromatic heterocycles. The van der Waals surface area contributed by atoms with Crippen molar-refractivity contribution in [3.63, 3.8) is 0 Å². The molecule has 0 bridgehead atoms. The lowest BCUT2D eigenvalue weighted by Gasteiger charge is -2.11. The predicted molar refractivity (Wildman–Crippen MR) is 118 cm³/mol. The van der Waals surface area contributed by atoms with Crippen molar-refractivity contribution in [2.45, 2.75) is 6.61 Å². The molecule has 0 saturated heterocycles. The van der Waals surface area contributed by atoms with Gasteiger partial charge in [-0.15, -0.1) is 0 Å². The number of halogens is 1. The van der Waals surface area contributed by atoms with E-state index in [0.29, 0.717) is 29.4 Å². The summed E-state index contributed by atoms with van der Waals surface area (Å²) in [6.45, 7) is 0.441. The lowest BCUT2D eigenvalue weighted by Crippen LogP contribution is -1.97. The lowest BCUT2D eigenvalue weighted by atomic mass is 10.0. The van der Waals surface area contributed by atoms with Crippen LogP contribution in [0.4, 0.5) is 0 Å². The van der Waals surface area contributed by atoms with Gasteiger partial charge in [0.05, 0.1) is 25.9 Å². The number of hydrogen-bond donors (Lipinski definition) is 0. The van der Waals surface area contributed by atoms with Gasteiger partial charge in [-0.25, -0.2) is 0 Å². The summed E-state index contributed by atoms with van der Waals surface area (Å²) in [5, 5.41) is 9.72. The summed E-state index contributed by atoms with van der Waals surface area (Å²) in [7, 11) is 3.15. The van der Waals surface area contributed by atoms with Crippen molar-refractivity contribution in [1.29, 1.82) is 5.26 Å². The van der Waals surface area contributed by atoms with Gasteiger partial charge < -0.3 is 14.2 Å². The Morgan fingerprint density at radius 2 is 1.66 bits per heavy atom. The zero-order chi connectivity index (χ0) is 20.6. The number of rotatable bonds is 7. The molecule has 0 aliphatic rings. The third kappa shape index (κ3) is 5.18. The van der Waals surface area contributed by atoms with Crippen LogP contribution in [0.1, 0.15) is 16.7 Å². The minimum absolute atomic E-state index is 0.441. The number of methoxy groups -OCH3 is 2. The first kappa shape index (κ1) is 20.5. The fourth-order valence-electron chi connectivity index (χ4n) is 2.81. The van der Waals surface area contributed by atoms with Crippen LogP contribution < -0.4 is 14.2 Å². The van der Waals surface area contributed by atoms with E-state index in [4.69, 9.17) is 14.2 Å². The highest BCUT2D eigenvalue weighted by atomic mass is 79.9. The second-order valence-corrected chi connectivity index (χ2v) is 7.11. The first-order valence-electron chi connectivity index (χ1n) is 8.95. The maximum atomic E-state index is 9.72. The molecular formula is C24H20BrNO3. The second kappa shape index (κ2) is 9.81. The highest BCUT2D eigenvalue weighted by molar-refractivity contribution is 9.10. The molecule has 0 spiro atoms. The number of hydrogen-bond acceptors (Lipinski definition) is 4. The number of nitriles is 1. The average molecular weight is 450 g/mol. The fourth-order valence-corrected chi connectivity index (χ4v) is 3.08. The van der Waals surface area contributed by atoms with Gasteiger partial charge in [0, 0.05) is 10.0 Å². The Bertz CT molecular complexity index is 1050. The molecule has 29 heavy (non-hydrogen) atoms.